The highest BCUT2D eigenvalue weighted by Crippen LogP contribution is 2.35. The Morgan fingerprint density at radius 3 is 2.33 bits per heavy atom. The Labute approximate surface area is 124 Å². The molecule has 2 rings (SSSR count). The number of rotatable bonds is 6. The van der Waals surface area contributed by atoms with Crippen LogP contribution < -0.4 is 4.74 Å². The Kier molecular flexibility index (Phi) is 4.83. The zero-order chi connectivity index (χ0) is 15.3. The average Bonchev–Trinajstić information content (AvgIpc) is 2.48. The topological polar surface area (TPSA) is 58.9 Å². The number of benzene rings is 2. The van der Waals surface area contributed by atoms with Gasteiger partial charge in [0.05, 0.1) is 6.61 Å². The van der Waals surface area contributed by atoms with Gasteiger partial charge in [0.2, 0.25) is 0 Å². The summed E-state index contributed by atoms with van der Waals surface area (Å²) < 4.78 is 10.6. The molecular formula is C17H20O4. The van der Waals surface area contributed by atoms with Crippen molar-refractivity contribution in [2.45, 2.75) is 12.5 Å². The predicted octanol–water partition coefficient (Wildman–Crippen LogP) is 2.67. The molecular weight excluding hydrogens is 268 g/mol. The summed E-state index contributed by atoms with van der Waals surface area (Å²) in [6, 6.07) is 13.9. The molecule has 4 nitrogen and oxygen atoms in total. The zero-order valence-electron chi connectivity index (χ0n) is 12.2. The lowest BCUT2D eigenvalue weighted by atomic mass is 9.87. The summed E-state index contributed by atoms with van der Waals surface area (Å²) in [6.07, 6.45) is 0. The van der Waals surface area contributed by atoms with Gasteiger partial charge in [-0.1, -0.05) is 30.3 Å². The van der Waals surface area contributed by atoms with Crippen molar-refractivity contribution in [3.05, 3.63) is 59.7 Å². The second-order valence-electron chi connectivity index (χ2n) is 4.96. The van der Waals surface area contributed by atoms with Crippen LogP contribution in [-0.4, -0.2) is 30.5 Å². The number of phenolic OH excluding ortho intramolecular Hbond substituents is 1. The van der Waals surface area contributed by atoms with Crippen LogP contribution in [0.25, 0.3) is 0 Å². The van der Waals surface area contributed by atoms with Gasteiger partial charge in [-0.25, -0.2) is 0 Å². The van der Waals surface area contributed by atoms with Crippen LogP contribution in [0.2, 0.25) is 0 Å². The minimum atomic E-state index is -1.21. The Bertz CT molecular complexity index is 576. The summed E-state index contributed by atoms with van der Waals surface area (Å²) in [6.45, 7) is 2.60. The van der Waals surface area contributed by atoms with E-state index in [0.717, 1.165) is 0 Å². The molecule has 2 aromatic rings. The van der Waals surface area contributed by atoms with Crippen LogP contribution in [0.4, 0.5) is 0 Å². The van der Waals surface area contributed by atoms with E-state index in [9.17, 15) is 10.2 Å². The molecule has 1 unspecified atom stereocenters. The van der Waals surface area contributed by atoms with Crippen molar-refractivity contribution in [3.8, 4) is 11.5 Å². The van der Waals surface area contributed by atoms with E-state index in [1.54, 1.807) is 38.3 Å². The van der Waals surface area contributed by atoms with Gasteiger partial charge in [0, 0.05) is 12.7 Å². The first-order valence-electron chi connectivity index (χ1n) is 6.79. The first-order chi connectivity index (χ1) is 10.1. The van der Waals surface area contributed by atoms with Gasteiger partial charge in [-0.3, -0.25) is 0 Å². The van der Waals surface area contributed by atoms with Gasteiger partial charge in [0.1, 0.15) is 23.7 Å². The summed E-state index contributed by atoms with van der Waals surface area (Å²) in [5, 5.41) is 20.3. The third-order valence-corrected chi connectivity index (χ3v) is 3.39. The van der Waals surface area contributed by atoms with E-state index in [0.29, 0.717) is 30.1 Å². The Balaban J connectivity index is 2.32. The molecule has 4 heteroatoms. The smallest absolute Gasteiger partial charge is 0.125 e. The lowest BCUT2D eigenvalue weighted by molar-refractivity contribution is 0.0943. The second kappa shape index (κ2) is 6.61. The summed E-state index contributed by atoms with van der Waals surface area (Å²) in [7, 11) is 1.61. The molecule has 21 heavy (non-hydrogen) atoms. The van der Waals surface area contributed by atoms with Crippen molar-refractivity contribution < 1.29 is 19.7 Å². The SMILES string of the molecule is COCCOc1ccccc1C(C)(O)c1ccc(O)cc1. The molecule has 0 heterocycles. The van der Waals surface area contributed by atoms with Gasteiger partial charge in [-0.2, -0.15) is 0 Å². The number of aromatic hydroxyl groups is 1. The van der Waals surface area contributed by atoms with Gasteiger partial charge >= 0.3 is 0 Å². The number of phenols is 1. The Morgan fingerprint density at radius 2 is 1.67 bits per heavy atom. The Morgan fingerprint density at radius 1 is 1.00 bits per heavy atom. The standard InChI is InChI=1S/C17H20O4/c1-17(19,13-7-9-14(18)10-8-13)15-5-3-4-6-16(15)21-12-11-20-2/h3-10,18-19H,11-12H2,1-2H3. The first-order valence-corrected chi connectivity index (χ1v) is 6.79. The fraction of sp³-hybridized carbons (Fsp3) is 0.294. The quantitative estimate of drug-likeness (QED) is 0.802. The van der Waals surface area contributed by atoms with Crippen molar-refractivity contribution in [2.75, 3.05) is 20.3 Å². The van der Waals surface area contributed by atoms with Crippen molar-refractivity contribution in [2.24, 2.45) is 0 Å². The summed E-state index contributed by atoms with van der Waals surface area (Å²) in [4.78, 5) is 0. The first kappa shape index (κ1) is 15.4. The third-order valence-electron chi connectivity index (χ3n) is 3.39. The van der Waals surface area contributed by atoms with E-state index in [1.807, 2.05) is 24.3 Å². The van der Waals surface area contributed by atoms with E-state index >= 15 is 0 Å². The number of methoxy groups -OCH3 is 1. The second-order valence-corrected chi connectivity index (χ2v) is 4.96. The highest BCUT2D eigenvalue weighted by Gasteiger charge is 2.28. The maximum absolute atomic E-state index is 10.9. The normalized spacial score (nSPS) is 13.7. The molecule has 112 valence electrons. The molecule has 0 aliphatic heterocycles. The maximum Gasteiger partial charge on any atom is 0.125 e. The number of hydrogen-bond donors (Lipinski definition) is 2. The minimum Gasteiger partial charge on any atom is -0.508 e. The van der Waals surface area contributed by atoms with Crippen LogP contribution in [0.3, 0.4) is 0 Å². The molecule has 0 fully saturated rings. The van der Waals surface area contributed by atoms with E-state index in [4.69, 9.17) is 9.47 Å². The predicted molar refractivity (Wildman–Crippen MR) is 80.6 cm³/mol. The molecule has 0 saturated heterocycles. The van der Waals surface area contributed by atoms with Gasteiger partial charge in [-0.05, 0) is 30.7 Å². The van der Waals surface area contributed by atoms with Crippen LogP contribution in [-0.2, 0) is 10.3 Å². The molecule has 0 radical (unpaired) electrons. The Hall–Kier alpha value is -2.04. The molecule has 2 N–H and O–H groups in total. The molecule has 0 aliphatic rings. The fourth-order valence-corrected chi connectivity index (χ4v) is 2.17. The van der Waals surface area contributed by atoms with E-state index in [-0.39, 0.29) is 5.75 Å². The average molecular weight is 288 g/mol. The fourth-order valence-electron chi connectivity index (χ4n) is 2.17. The molecule has 0 amide bonds. The van der Waals surface area contributed by atoms with Crippen LogP contribution in [0.5, 0.6) is 11.5 Å². The van der Waals surface area contributed by atoms with Crippen LogP contribution in [0.15, 0.2) is 48.5 Å². The molecule has 0 spiro atoms. The molecule has 0 saturated carbocycles. The molecule has 1 atom stereocenters. The minimum absolute atomic E-state index is 0.166. The van der Waals surface area contributed by atoms with Gasteiger partial charge in [0.25, 0.3) is 0 Å². The molecule has 0 bridgehead atoms. The number of para-hydroxylation sites is 1. The van der Waals surface area contributed by atoms with Crippen LogP contribution >= 0.6 is 0 Å². The highest BCUT2D eigenvalue weighted by atomic mass is 16.5. The highest BCUT2D eigenvalue weighted by molar-refractivity contribution is 5.45. The zero-order valence-corrected chi connectivity index (χ0v) is 12.2. The van der Waals surface area contributed by atoms with Gasteiger partial charge in [-0.15, -0.1) is 0 Å². The van der Waals surface area contributed by atoms with E-state index in [1.165, 1.54) is 0 Å². The van der Waals surface area contributed by atoms with Gasteiger partial charge in [0.15, 0.2) is 0 Å². The van der Waals surface area contributed by atoms with Crippen molar-refractivity contribution in [1.29, 1.82) is 0 Å². The van der Waals surface area contributed by atoms with E-state index in [2.05, 4.69) is 0 Å². The van der Waals surface area contributed by atoms with Crippen molar-refractivity contribution in [1.82, 2.24) is 0 Å². The maximum atomic E-state index is 10.9. The summed E-state index contributed by atoms with van der Waals surface area (Å²) in [5.74, 6) is 0.784. The van der Waals surface area contributed by atoms with Crippen molar-refractivity contribution >= 4 is 0 Å². The number of ether oxygens (including phenoxy) is 2. The van der Waals surface area contributed by atoms with Crippen LogP contribution in [0.1, 0.15) is 18.1 Å². The third kappa shape index (κ3) is 3.54. The summed E-state index contributed by atoms with van der Waals surface area (Å²) in [5.41, 5.74) is 0.145. The number of hydrogen-bond acceptors (Lipinski definition) is 4. The molecule has 0 aliphatic carbocycles. The summed E-state index contributed by atoms with van der Waals surface area (Å²) >= 11 is 0. The molecule has 0 aromatic heterocycles. The monoisotopic (exact) mass is 288 g/mol. The lowest BCUT2D eigenvalue weighted by Crippen LogP contribution is -2.24. The van der Waals surface area contributed by atoms with Crippen LogP contribution in [0, 0.1) is 0 Å². The number of aliphatic hydroxyl groups is 1. The van der Waals surface area contributed by atoms with Gasteiger partial charge < -0.3 is 19.7 Å². The van der Waals surface area contributed by atoms with Crippen molar-refractivity contribution in [3.63, 3.8) is 0 Å². The van der Waals surface area contributed by atoms with E-state index < -0.39 is 5.60 Å². The molecule has 2 aromatic carbocycles. The largest absolute Gasteiger partial charge is 0.508 e. The lowest BCUT2D eigenvalue weighted by Gasteiger charge is -2.26.